The van der Waals surface area contributed by atoms with Crippen molar-refractivity contribution in [3.63, 3.8) is 0 Å². The molecule has 1 heterocycles. The zero-order valence-corrected chi connectivity index (χ0v) is 8.94. The molecule has 1 rings (SSSR count). The van der Waals surface area contributed by atoms with Crippen molar-refractivity contribution in [2.75, 3.05) is 6.54 Å². The third-order valence-corrected chi connectivity index (χ3v) is 1.94. The lowest BCUT2D eigenvalue weighted by Gasteiger charge is -2.06. The fraction of sp³-hybridized carbons (Fsp3) is 0.455. The first kappa shape index (κ1) is 11.7. The van der Waals surface area contributed by atoms with E-state index < -0.39 is 0 Å². The molecular formula is C11H17N3O. The maximum absolute atomic E-state index is 11.2. The number of rotatable bonds is 5. The summed E-state index contributed by atoms with van der Waals surface area (Å²) in [7, 11) is 0. The van der Waals surface area contributed by atoms with Crippen molar-refractivity contribution in [1.82, 2.24) is 10.3 Å². The van der Waals surface area contributed by atoms with E-state index in [1.54, 1.807) is 6.20 Å². The standard InChI is InChI=1S/C11H17N3O/c1-9(12)8-11(15)14-7-5-10-4-2-3-6-13-10/h2-4,6,9H,5,7-8,12H2,1H3,(H,14,15). The Morgan fingerprint density at radius 1 is 1.60 bits per heavy atom. The predicted molar refractivity (Wildman–Crippen MR) is 59.2 cm³/mol. The molecule has 4 heteroatoms. The Balaban J connectivity index is 2.19. The molecule has 1 atom stereocenters. The van der Waals surface area contributed by atoms with Crippen LogP contribution in [0.4, 0.5) is 0 Å². The Labute approximate surface area is 89.9 Å². The molecule has 1 aromatic rings. The molecule has 82 valence electrons. The molecule has 0 saturated heterocycles. The van der Waals surface area contributed by atoms with E-state index in [1.807, 2.05) is 25.1 Å². The van der Waals surface area contributed by atoms with Crippen molar-refractivity contribution >= 4 is 5.91 Å². The number of nitrogens with one attached hydrogen (secondary N) is 1. The Morgan fingerprint density at radius 2 is 2.40 bits per heavy atom. The number of carbonyl (C=O) groups is 1. The molecular weight excluding hydrogens is 190 g/mol. The molecule has 1 unspecified atom stereocenters. The van der Waals surface area contributed by atoms with Crippen LogP contribution in [0.1, 0.15) is 19.0 Å². The van der Waals surface area contributed by atoms with Crippen molar-refractivity contribution in [3.05, 3.63) is 30.1 Å². The minimum Gasteiger partial charge on any atom is -0.356 e. The first-order chi connectivity index (χ1) is 7.18. The van der Waals surface area contributed by atoms with Crippen LogP contribution in [0.15, 0.2) is 24.4 Å². The van der Waals surface area contributed by atoms with Crippen molar-refractivity contribution in [1.29, 1.82) is 0 Å². The fourth-order valence-electron chi connectivity index (χ4n) is 1.24. The maximum Gasteiger partial charge on any atom is 0.221 e. The van der Waals surface area contributed by atoms with Crippen molar-refractivity contribution in [2.24, 2.45) is 5.73 Å². The summed E-state index contributed by atoms with van der Waals surface area (Å²) in [4.78, 5) is 15.4. The first-order valence-corrected chi connectivity index (χ1v) is 5.10. The van der Waals surface area contributed by atoms with Gasteiger partial charge in [-0.15, -0.1) is 0 Å². The van der Waals surface area contributed by atoms with Crippen LogP contribution in [-0.2, 0) is 11.2 Å². The highest BCUT2D eigenvalue weighted by atomic mass is 16.1. The summed E-state index contributed by atoms with van der Waals surface area (Å²) < 4.78 is 0. The lowest BCUT2D eigenvalue weighted by Crippen LogP contribution is -2.31. The van der Waals surface area contributed by atoms with Gasteiger partial charge in [0.15, 0.2) is 0 Å². The third kappa shape index (κ3) is 5.12. The van der Waals surface area contributed by atoms with Crippen molar-refractivity contribution in [2.45, 2.75) is 25.8 Å². The number of carbonyl (C=O) groups excluding carboxylic acids is 1. The molecule has 0 radical (unpaired) electrons. The Hall–Kier alpha value is -1.42. The molecule has 0 aliphatic heterocycles. The molecule has 0 aliphatic carbocycles. The highest BCUT2D eigenvalue weighted by Gasteiger charge is 2.03. The molecule has 0 bridgehead atoms. The maximum atomic E-state index is 11.2. The second-order valence-electron chi connectivity index (χ2n) is 3.60. The van der Waals surface area contributed by atoms with Crippen LogP contribution in [0.25, 0.3) is 0 Å². The van der Waals surface area contributed by atoms with E-state index in [9.17, 15) is 4.79 Å². The van der Waals surface area contributed by atoms with Crippen LogP contribution < -0.4 is 11.1 Å². The van der Waals surface area contributed by atoms with Gasteiger partial charge in [0.25, 0.3) is 0 Å². The Kier molecular flexibility index (Phi) is 4.77. The van der Waals surface area contributed by atoms with Gasteiger partial charge in [-0.2, -0.15) is 0 Å². The number of hydrogen-bond acceptors (Lipinski definition) is 3. The van der Waals surface area contributed by atoms with Gasteiger partial charge in [0.1, 0.15) is 0 Å². The van der Waals surface area contributed by atoms with Gasteiger partial charge in [0, 0.05) is 37.3 Å². The predicted octanol–water partition coefficient (Wildman–Crippen LogP) is 0.478. The summed E-state index contributed by atoms with van der Waals surface area (Å²) in [6, 6.07) is 5.67. The van der Waals surface area contributed by atoms with Gasteiger partial charge < -0.3 is 11.1 Å². The van der Waals surface area contributed by atoms with E-state index in [-0.39, 0.29) is 11.9 Å². The summed E-state index contributed by atoms with van der Waals surface area (Å²) >= 11 is 0. The van der Waals surface area contributed by atoms with Crippen LogP contribution in [0, 0.1) is 0 Å². The summed E-state index contributed by atoms with van der Waals surface area (Å²) in [5, 5.41) is 2.80. The molecule has 0 aromatic carbocycles. The minimum absolute atomic E-state index is 0.000862. The molecule has 1 amide bonds. The average Bonchev–Trinajstić information content (AvgIpc) is 2.18. The molecule has 0 aliphatic rings. The van der Waals surface area contributed by atoms with Gasteiger partial charge in [-0.25, -0.2) is 0 Å². The van der Waals surface area contributed by atoms with Gasteiger partial charge >= 0.3 is 0 Å². The number of hydrogen-bond donors (Lipinski definition) is 2. The number of aromatic nitrogens is 1. The lowest BCUT2D eigenvalue weighted by atomic mass is 10.2. The van der Waals surface area contributed by atoms with Crippen molar-refractivity contribution < 1.29 is 4.79 Å². The van der Waals surface area contributed by atoms with Gasteiger partial charge in [0.2, 0.25) is 5.91 Å². The van der Waals surface area contributed by atoms with Gasteiger partial charge in [-0.1, -0.05) is 6.07 Å². The van der Waals surface area contributed by atoms with Gasteiger partial charge in [-0.3, -0.25) is 9.78 Å². The van der Waals surface area contributed by atoms with Crippen LogP contribution >= 0.6 is 0 Å². The second kappa shape index (κ2) is 6.14. The zero-order valence-electron chi connectivity index (χ0n) is 8.94. The van der Waals surface area contributed by atoms with Crippen molar-refractivity contribution in [3.8, 4) is 0 Å². The average molecular weight is 207 g/mol. The fourth-order valence-corrected chi connectivity index (χ4v) is 1.24. The highest BCUT2D eigenvalue weighted by Crippen LogP contribution is 1.93. The molecule has 0 spiro atoms. The highest BCUT2D eigenvalue weighted by molar-refractivity contribution is 5.76. The van der Waals surface area contributed by atoms with Crippen LogP contribution in [0.3, 0.4) is 0 Å². The number of nitrogens with two attached hydrogens (primary N) is 1. The monoisotopic (exact) mass is 207 g/mol. The largest absolute Gasteiger partial charge is 0.356 e. The molecule has 4 nitrogen and oxygen atoms in total. The normalized spacial score (nSPS) is 12.1. The Bertz CT molecular complexity index is 298. The summed E-state index contributed by atoms with van der Waals surface area (Å²) in [6.45, 7) is 2.43. The number of nitrogens with zero attached hydrogens (tertiary/aromatic N) is 1. The minimum atomic E-state index is -0.0835. The summed E-state index contributed by atoms with van der Waals surface area (Å²) in [5.74, 6) is 0.000862. The zero-order chi connectivity index (χ0) is 11.1. The van der Waals surface area contributed by atoms with E-state index in [2.05, 4.69) is 10.3 Å². The smallest absolute Gasteiger partial charge is 0.221 e. The first-order valence-electron chi connectivity index (χ1n) is 5.10. The molecule has 0 saturated carbocycles. The Morgan fingerprint density at radius 3 is 3.00 bits per heavy atom. The molecule has 1 aromatic heterocycles. The van der Waals surface area contributed by atoms with E-state index in [0.29, 0.717) is 13.0 Å². The number of pyridine rings is 1. The molecule has 0 fully saturated rings. The van der Waals surface area contributed by atoms with Gasteiger partial charge in [-0.05, 0) is 19.1 Å². The van der Waals surface area contributed by atoms with E-state index in [0.717, 1.165) is 12.1 Å². The van der Waals surface area contributed by atoms with E-state index in [4.69, 9.17) is 5.73 Å². The van der Waals surface area contributed by atoms with Crippen LogP contribution in [-0.4, -0.2) is 23.5 Å². The topological polar surface area (TPSA) is 68.0 Å². The van der Waals surface area contributed by atoms with Crippen LogP contribution in [0.5, 0.6) is 0 Å². The van der Waals surface area contributed by atoms with E-state index in [1.165, 1.54) is 0 Å². The molecule has 15 heavy (non-hydrogen) atoms. The summed E-state index contributed by atoms with van der Waals surface area (Å²) in [5.41, 5.74) is 6.49. The van der Waals surface area contributed by atoms with Crippen LogP contribution in [0.2, 0.25) is 0 Å². The number of amides is 1. The third-order valence-electron chi connectivity index (χ3n) is 1.94. The van der Waals surface area contributed by atoms with E-state index >= 15 is 0 Å². The SMILES string of the molecule is CC(N)CC(=O)NCCc1ccccn1. The van der Waals surface area contributed by atoms with Gasteiger partial charge in [0.05, 0.1) is 0 Å². The quantitative estimate of drug-likeness (QED) is 0.737. The lowest BCUT2D eigenvalue weighted by molar-refractivity contribution is -0.121. The molecule has 3 N–H and O–H groups in total. The second-order valence-corrected chi connectivity index (χ2v) is 3.60. The summed E-state index contributed by atoms with van der Waals surface area (Å²) in [6.07, 6.45) is 2.88.